The van der Waals surface area contributed by atoms with Crippen molar-refractivity contribution in [3.63, 3.8) is 0 Å². The molecule has 0 spiro atoms. The summed E-state index contributed by atoms with van der Waals surface area (Å²) in [5, 5.41) is 12.6. The zero-order valence-corrected chi connectivity index (χ0v) is 11.9. The highest BCUT2D eigenvalue weighted by molar-refractivity contribution is 9.10. The maximum atomic E-state index is 9.12. The van der Waals surface area contributed by atoms with E-state index in [9.17, 15) is 0 Å². The Bertz CT molecular complexity index is 329. The van der Waals surface area contributed by atoms with E-state index in [1.807, 2.05) is 19.1 Å². The van der Waals surface area contributed by atoms with E-state index in [0.29, 0.717) is 6.54 Å². The van der Waals surface area contributed by atoms with Crippen LogP contribution in [0.15, 0.2) is 28.7 Å². The first-order valence-corrected chi connectivity index (χ1v) is 6.70. The maximum absolute atomic E-state index is 9.12. The molecule has 17 heavy (non-hydrogen) atoms. The van der Waals surface area contributed by atoms with Gasteiger partial charge in [0.1, 0.15) is 0 Å². The fraction of sp³-hybridized carbons (Fsp3) is 0.538. The molecule has 3 unspecified atom stereocenters. The van der Waals surface area contributed by atoms with Crippen LogP contribution in [0.2, 0.25) is 0 Å². The van der Waals surface area contributed by atoms with Crippen LogP contribution < -0.4 is 11.1 Å². The van der Waals surface area contributed by atoms with Gasteiger partial charge in [-0.25, -0.2) is 0 Å². The summed E-state index contributed by atoms with van der Waals surface area (Å²) in [7, 11) is 0. The number of aliphatic hydroxyl groups is 1. The molecule has 0 radical (unpaired) electrons. The monoisotopic (exact) mass is 300 g/mol. The van der Waals surface area contributed by atoms with Gasteiger partial charge in [-0.3, -0.25) is 0 Å². The molecular weight excluding hydrogens is 280 g/mol. The minimum atomic E-state index is 0.132. The first-order chi connectivity index (χ1) is 8.08. The van der Waals surface area contributed by atoms with Gasteiger partial charge in [-0.1, -0.05) is 35.0 Å². The van der Waals surface area contributed by atoms with Crippen molar-refractivity contribution in [2.45, 2.75) is 25.9 Å². The highest BCUT2D eigenvalue weighted by Crippen LogP contribution is 2.17. The van der Waals surface area contributed by atoms with Crippen molar-refractivity contribution in [1.82, 2.24) is 5.32 Å². The number of hydrogen-bond acceptors (Lipinski definition) is 3. The molecule has 0 aromatic heterocycles. The van der Waals surface area contributed by atoms with Gasteiger partial charge in [-0.15, -0.1) is 0 Å². The second-order valence-corrected chi connectivity index (χ2v) is 5.37. The van der Waals surface area contributed by atoms with E-state index in [4.69, 9.17) is 10.8 Å². The summed E-state index contributed by atoms with van der Waals surface area (Å²) in [5.74, 6) is 0.222. The minimum Gasteiger partial charge on any atom is -0.396 e. The number of halogens is 1. The van der Waals surface area contributed by atoms with Crippen LogP contribution in [0.25, 0.3) is 0 Å². The first-order valence-electron chi connectivity index (χ1n) is 5.91. The Balaban J connectivity index is 2.68. The molecule has 0 fully saturated rings. The molecule has 0 heterocycles. The van der Waals surface area contributed by atoms with Crippen molar-refractivity contribution < 1.29 is 5.11 Å². The number of hydrogen-bond donors (Lipinski definition) is 3. The fourth-order valence-electron chi connectivity index (χ4n) is 1.64. The summed E-state index contributed by atoms with van der Waals surface area (Å²) >= 11 is 3.42. The van der Waals surface area contributed by atoms with Crippen LogP contribution >= 0.6 is 15.9 Å². The summed E-state index contributed by atoms with van der Waals surface area (Å²) in [5.41, 5.74) is 6.97. The highest BCUT2D eigenvalue weighted by atomic mass is 79.9. The normalized spacial score (nSPS) is 16.5. The van der Waals surface area contributed by atoms with Gasteiger partial charge < -0.3 is 16.2 Å². The average molecular weight is 301 g/mol. The summed E-state index contributed by atoms with van der Waals surface area (Å²) in [6.45, 7) is 4.82. The Labute approximate surface area is 112 Å². The van der Waals surface area contributed by atoms with Gasteiger partial charge in [-0.05, 0) is 30.5 Å². The van der Waals surface area contributed by atoms with E-state index in [1.165, 1.54) is 5.56 Å². The van der Waals surface area contributed by atoms with Gasteiger partial charge in [0.15, 0.2) is 0 Å². The molecule has 1 rings (SSSR count). The number of benzene rings is 1. The largest absolute Gasteiger partial charge is 0.396 e. The van der Waals surface area contributed by atoms with E-state index < -0.39 is 0 Å². The molecule has 0 aliphatic rings. The molecule has 4 heteroatoms. The van der Waals surface area contributed by atoms with Gasteiger partial charge in [0.05, 0.1) is 0 Å². The van der Waals surface area contributed by atoms with Crippen molar-refractivity contribution in [1.29, 1.82) is 0 Å². The zero-order valence-electron chi connectivity index (χ0n) is 10.4. The van der Waals surface area contributed by atoms with Crippen LogP contribution in [0.3, 0.4) is 0 Å². The maximum Gasteiger partial charge on any atom is 0.0471 e. The van der Waals surface area contributed by atoms with Crippen molar-refractivity contribution in [2.24, 2.45) is 11.7 Å². The minimum absolute atomic E-state index is 0.132. The molecule has 0 saturated carbocycles. The van der Waals surface area contributed by atoms with Crippen LogP contribution in [0, 0.1) is 5.92 Å². The lowest BCUT2D eigenvalue weighted by molar-refractivity contribution is 0.201. The van der Waals surface area contributed by atoms with Gasteiger partial charge >= 0.3 is 0 Å². The predicted octanol–water partition coefficient (Wildman–Crippen LogP) is 2.06. The van der Waals surface area contributed by atoms with E-state index in [0.717, 1.165) is 4.47 Å². The zero-order chi connectivity index (χ0) is 12.8. The third-order valence-corrected chi connectivity index (χ3v) is 3.64. The molecule has 3 atom stereocenters. The molecule has 1 aromatic carbocycles. The summed E-state index contributed by atoms with van der Waals surface area (Å²) in [6, 6.07) is 8.51. The quantitative estimate of drug-likeness (QED) is 0.754. The molecule has 0 aliphatic heterocycles. The van der Waals surface area contributed by atoms with Crippen LogP contribution in [0.4, 0.5) is 0 Å². The summed E-state index contributed by atoms with van der Waals surface area (Å²) in [6.07, 6.45) is 0. The standard InChI is InChI=1S/C13H21BrN2O/c1-9(8-17)10(2)16-13(7-15)11-3-5-12(14)6-4-11/h3-6,9-10,13,16-17H,7-8,15H2,1-2H3. The lowest BCUT2D eigenvalue weighted by Gasteiger charge is -2.26. The van der Waals surface area contributed by atoms with E-state index in [2.05, 4.69) is 40.3 Å². The van der Waals surface area contributed by atoms with Crippen LogP contribution in [0.1, 0.15) is 25.5 Å². The van der Waals surface area contributed by atoms with Gasteiger partial charge in [-0.2, -0.15) is 0 Å². The lowest BCUT2D eigenvalue weighted by Crippen LogP contribution is -2.39. The van der Waals surface area contributed by atoms with Crippen molar-refractivity contribution in [2.75, 3.05) is 13.2 Å². The van der Waals surface area contributed by atoms with Gasteiger partial charge in [0.25, 0.3) is 0 Å². The van der Waals surface area contributed by atoms with Gasteiger partial charge in [0, 0.05) is 29.7 Å². The Morgan fingerprint density at radius 1 is 1.29 bits per heavy atom. The molecule has 3 nitrogen and oxygen atoms in total. The third-order valence-electron chi connectivity index (χ3n) is 3.11. The SMILES string of the molecule is CC(CO)C(C)NC(CN)c1ccc(Br)cc1. The predicted molar refractivity (Wildman–Crippen MR) is 74.8 cm³/mol. The van der Waals surface area contributed by atoms with Gasteiger partial charge in [0.2, 0.25) is 0 Å². The Morgan fingerprint density at radius 2 is 1.88 bits per heavy atom. The fourth-order valence-corrected chi connectivity index (χ4v) is 1.90. The average Bonchev–Trinajstić information content (AvgIpc) is 2.35. The molecule has 0 aliphatic carbocycles. The van der Waals surface area contributed by atoms with Crippen molar-refractivity contribution >= 4 is 15.9 Å². The smallest absolute Gasteiger partial charge is 0.0471 e. The molecule has 0 amide bonds. The van der Waals surface area contributed by atoms with Crippen LogP contribution in [-0.4, -0.2) is 24.3 Å². The number of nitrogens with one attached hydrogen (secondary N) is 1. The molecule has 0 saturated heterocycles. The van der Waals surface area contributed by atoms with E-state index >= 15 is 0 Å². The highest BCUT2D eigenvalue weighted by Gasteiger charge is 2.16. The Hall–Kier alpha value is -0.420. The van der Waals surface area contributed by atoms with Crippen molar-refractivity contribution in [3.05, 3.63) is 34.3 Å². The first kappa shape index (κ1) is 14.6. The molecule has 4 N–H and O–H groups in total. The molecule has 0 bridgehead atoms. The summed E-state index contributed by atoms with van der Waals surface area (Å²) < 4.78 is 1.06. The lowest BCUT2D eigenvalue weighted by atomic mass is 10.0. The number of nitrogens with two attached hydrogens (primary N) is 1. The molecule has 1 aromatic rings. The van der Waals surface area contributed by atoms with E-state index in [1.54, 1.807) is 0 Å². The topological polar surface area (TPSA) is 58.3 Å². The number of aliphatic hydroxyl groups excluding tert-OH is 1. The van der Waals surface area contributed by atoms with Crippen LogP contribution in [0.5, 0.6) is 0 Å². The second-order valence-electron chi connectivity index (χ2n) is 4.46. The second kappa shape index (κ2) is 7.11. The summed E-state index contributed by atoms with van der Waals surface area (Å²) in [4.78, 5) is 0. The molecular formula is C13H21BrN2O. The Morgan fingerprint density at radius 3 is 2.35 bits per heavy atom. The van der Waals surface area contributed by atoms with Crippen LogP contribution in [-0.2, 0) is 0 Å². The Kier molecular flexibility index (Phi) is 6.12. The van der Waals surface area contributed by atoms with Crippen molar-refractivity contribution in [3.8, 4) is 0 Å². The number of rotatable bonds is 6. The molecule has 96 valence electrons. The third kappa shape index (κ3) is 4.39. The van der Waals surface area contributed by atoms with E-state index in [-0.39, 0.29) is 24.6 Å².